The molecule has 0 aromatic heterocycles. The molecule has 4 heteroatoms. The number of nitrogens with zero attached hydrogens (tertiary/aromatic N) is 1. The first-order chi connectivity index (χ1) is 8.99. The zero-order chi connectivity index (χ0) is 13.9. The van der Waals surface area contributed by atoms with Crippen molar-refractivity contribution in [2.45, 2.75) is 36.7 Å². The molecular formula is C16H25Cl2NO. The van der Waals surface area contributed by atoms with E-state index in [9.17, 15) is 5.11 Å². The number of hydrogen-bond acceptors (Lipinski definition) is 2. The van der Waals surface area contributed by atoms with Crippen molar-refractivity contribution in [1.29, 1.82) is 0 Å². The van der Waals surface area contributed by atoms with Crippen molar-refractivity contribution in [3.05, 3.63) is 35.9 Å². The highest BCUT2D eigenvalue weighted by Crippen LogP contribution is 2.38. The van der Waals surface area contributed by atoms with Gasteiger partial charge >= 0.3 is 0 Å². The number of benzene rings is 1. The highest BCUT2D eigenvalue weighted by molar-refractivity contribution is 6.20. The second-order valence-electron chi connectivity index (χ2n) is 6.10. The largest absolute Gasteiger partial charge is 0.389 e. The van der Waals surface area contributed by atoms with E-state index >= 15 is 0 Å². The molecule has 1 aromatic carbocycles. The van der Waals surface area contributed by atoms with Gasteiger partial charge in [0.2, 0.25) is 0 Å². The molecule has 1 aliphatic rings. The molecule has 2 rings (SSSR count). The standard InChI is InChI=1S/C16H24ClNO.ClH/c1-18(2)12-14-10-15(17)8-9-16(14,19)11-13-6-4-3-5-7-13;/h3-7,14-15,19H,8-12H2,1-2H3;1H/t14?,15-,16?;/m0./s1. The second-order valence-corrected chi connectivity index (χ2v) is 6.71. The summed E-state index contributed by atoms with van der Waals surface area (Å²) in [7, 11) is 4.11. The molecule has 1 aliphatic carbocycles. The average molecular weight is 318 g/mol. The molecule has 1 saturated carbocycles. The van der Waals surface area contributed by atoms with Crippen molar-refractivity contribution in [2.24, 2.45) is 5.92 Å². The number of hydrogen-bond donors (Lipinski definition) is 1. The maximum atomic E-state index is 11.1. The molecule has 0 spiro atoms. The number of alkyl halides is 1. The fourth-order valence-electron chi connectivity index (χ4n) is 3.12. The predicted molar refractivity (Wildman–Crippen MR) is 87.9 cm³/mol. The van der Waals surface area contributed by atoms with Crippen molar-refractivity contribution >= 4 is 24.0 Å². The summed E-state index contributed by atoms with van der Waals surface area (Å²) >= 11 is 6.30. The van der Waals surface area contributed by atoms with Crippen LogP contribution in [0.5, 0.6) is 0 Å². The molecule has 0 amide bonds. The molecule has 0 saturated heterocycles. The summed E-state index contributed by atoms with van der Waals surface area (Å²) in [5, 5.41) is 11.3. The molecule has 2 nitrogen and oxygen atoms in total. The maximum absolute atomic E-state index is 11.1. The summed E-state index contributed by atoms with van der Waals surface area (Å²) in [4.78, 5) is 2.15. The highest BCUT2D eigenvalue weighted by Gasteiger charge is 2.41. The van der Waals surface area contributed by atoms with Crippen LogP contribution >= 0.6 is 24.0 Å². The van der Waals surface area contributed by atoms with Gasteiger partial charge in [0, 0.05) is 24.3 Å². The van der Waals surface area contributed by atoms with Gasteiger partial charge in [0.1, 0.15) is 0 Å². The Kier molecular flexibility index (Phi) is 6.80. The van der Waals surface area contributed by atoms with Gasteiger partial charge in [-0.05, 0) is 38.9 Å². The summed E-state index contributed by atoms with van der Waals surface area (Å²) in [5.74, 6) is 0.249. The third-order valence-electron chi connectivity index (χ3n) is 4.13. The first-order valence-electron chi connectivity index (χ1n) is 7.05. The monoisotopic (exact) mass is 317 g/mol. The molecule has 2 unspecified atom stereocenters. The molecule has 1 N–H and O–H groups in total. The van der Waals surface area contributed by atoms with Gasteiger partial charge in [-0.3, -0.25) is 0 Å². The van der Waals surface area contributed by atoms with E-state index in [-0.39, 0.29) is 23.7 Å². The lowest BCUT2D eigenvalue weighted by Crippen LogP contribution is -2.49. The molecular weight excluding hydrogens is 293 g/mol. The Balaban J connectivity index is 0.00000200. The van der Waals surface area contributed by atoms with Gasteiger partial charge in [0.05, 0.1) is 5.60 Å². The van der Waals surface area contributed by atoms with Gasteiger partial charge in [-0.25, -0.2) is 0 Å². The fourth-order valence-corrected chi connectivity index (χ4v) is 3.45. The van der Waals surface area contributed by atoms with E-state index in [1.54, 1.807) is 0 Å². The van der Waals surface area contributed by atoms with E-state index in [4.69, 9.17) is 11.6 Å². The molecule has 3 atom stereocenters. The molecule has 0 bridgehead atoms. The lowest BCUT2D eigenvalue weighted by Gasteiger charge is -2.43. The van der Waals surface area contributed by atoms with Gasteiger partial charge in [0.15, 0.2) is 0 Å². The smallest absolute Gasteiger partial charge is 0.0729 e. The lowest BCUT2D eigenvalue weighted by molar-refractivity contribution is -0.0542. The van der Waals surface area contributed by atoms with Gasteiger partial charge in [-0.2, -0.15) is 0 Å². The van der Waals surface area contributed by atoms with E-state index in [1.807, 2.05) is 18.2 Å². The topological polar surface area (TPSA) is 23.5 Å². The van der Waals surface area contributed by atoms with Gasteiger partial charge in [0.25, 0.3) is 0 Å². The van der Waals surface area contributed by atoms with E-state index in [0.29, 0.717) is 0 Å². The van der Waals surface area contributed by atoms with Crippen LogP contribution in [0.25, 0.3) is 0 Å². The Morgan fingerprint density at radius 1 is 1.30 bits per heavy atom. The summed E-state index contributed by atoms with van der Waals surface area (Å²) in [6.07, 6.45) is 3.35. The maximum Gasteiger partial charge on any atom is 0.0729 e. The Labute approximate surface area is 133 Å². The molecule has 0 heterocycles. The normalized spacial score (nSPS) is 30.1. The van der Waals surface area contributed by atoms with Gasteiger partial charge < -0.3 is 10.0 Å². The third kappa shape index (κ3) is 4.63. The number of aliphatic hydroxyl groups is 1. The summed E-state index contributed by atoms with van der Waals surface area (Å²) in [6, 6.07) is 10.3. The van der Waals surface area contributed by atoms with Crippen LogP contribution in [0.2, 0.25) is 0 Å². The fraction of sp³-hybridized carbons (Fsp3) is 0.625. The van der Waals surface area contributed by atoms with Crippen LogP contribution in [0, 0.1) is 5.92 Å². The molecule has 114 valence electrons. The van der Waals surface area contributed by atoms with Crippen LogP contribution in [0.3, 0.4) is 0 Å². The SMILES string of the molecule is CN(C)CC1C[C@@H](Cl)CCC1(O)Cc1ccccc1.Cl. The first kappa shape index (κ1) is 17.8. The Morgan fingerprint density at radius 2 is 1.95 bits per heavy atom. The summed E-state index contributed by atoms with van der Waals surface area (Å²) < 4.78 is 0. The average Bonchev–Trinajstić information content (AvgIpc) is 2.35. The van der Waals surface area contributed by atoms with E-state index in [0.717, 1.165) is 32.2 Å². The Bertz CT molecular complexity index is 397. The van der Waals surface area contributed by atoms with Gasteiger partial charge in [-0.15, -0.1) is 24.0 Å². The van der Waals surface area contributed by atoms with Crippen molar-refractivity contribution in [3.63, 3.8) is 0 Å². The zero-order valence-electron chi connectivity index (χ0n) is 12.3. The van der Waals surface area contributed by atoms with Gasteiger partial charge in [-0.1, -0.05) is 30.3 Å². The van der Waals surface area contributed by atoms with Crippen LogP contribution < -0.4 is 0 Å². The molecule has 1 aromatic rings. The van der Waals surface area contributed by atoms with Crippen LogP contribution in [0.1, 0.15) is 24.8 Å². The van der Waals surface area contributed by atoms with Crippen molar-refractivity contribution in [3.8, 4) is 0 Å². The molecule has 20 heavy (non-hydrogen) atoms. The minimum Gasteiger partial charge on any atom is -0.389 e. The first-order valence-corrected chi connectivity index (χ1v) is 7.48. The summed E-state index contributed by atoms with van der Waals surface area (Å²) in [5.41, 5.74) is 0.596. The van der Waals surface area contributed by atoms with Crippen LogP contribution in [0.4, 0.5) is 0 Å². The lowest BCUT2D eigenvalue weighted by atomic mass is 9.72. The predicted octanol–water partition coefficient (Wildman–Crippen LogP) is 3.35. The van der Waals surface area contributed by atoms with E-state index in [2.05, 4.69) is 31.1 Å². The van der Waals surface area contributed by atoms with Crippen molar-refractivity contribution in [2.75, 3.05) is 20.6 Å². The zero-order valence-corrected chi connectivity index (χ0v) is 13.8. The second kappa shape index (κ2) is 7.65. The number of halogens is 2. The summed E-state index contributed by atoms with van der Waals surface area (Å²) in [6.45, 7) is 0.895. The quantitative estimate of drug-likeness (QED) is 0.861. The van der Waals surface area contributed by atoms with E-state index in [1.165, 1.54) is 5.56 Å². The minimum atomic E-state index is -0.614. The molecule has 1 fully saturated rings. The van der Waals surface area contributed by atoms with Crippen molar-refractivity contribution in [1.82, 2.24) is 4.90 Å². The molecule has 0 radical (unpaired) electrons. The Hall–Kier alpha value is -0.280. The van der Waals surface area contributed by atoms with E-state index < -0.39 is 5.60 Å². The van der Waals surface area contributed by atoms with Crippen LogP contribution in [0.15, 0.2) is 30.3 Å². The Morgan fingerprint density at radius 3 is 2.55 bits per heavy atom. The van der Waals surface area contributed by atoms with Crippen LogP contribution in [-0.2, 0) is 6.42 Å². The van der Waals surface area contributed by atoms with Crippen molar-refractivity contribution < 1.29 is 5.11 Å². The highest BCUT2D eigenvalue weighted by atomic mass is 35.5. The molecule has 0 aliphatic heterocycles. The minimum absolute atomic E-state index is 0. The number of rotatable bonds is 4. The third-order valence-corrected chi connectivity index (χ3v) is 4.53. The van der Waals surface area contributed by atoms with Crippen LogP contribution in [-0.4, -0.2) is 41.6 Å².